The highest BCUT2D eigenvalue weighted by Gasteiger charge is 2.16. The zero-order chi connectivity index (χ0) is 16.4. The number of hydrogen-bond donors (Lipinski definition) is 3. The minimum absolute atomic E-state index is 0.0764. The minimum atomic E-state index is -0.997. The van der Waals surface area contributed by atoms with Crippen LogP contribution in [-0.2, 0) is 0 Å². The number of hydrogen-bond acceptors (Lipinski definition) is 3. The Kier molecular flexibility index (Phi) is 4.03. The van der Waals surface area contributed by atoms with Crippen molar-refractivity contribution in [1.29, 1.82) is 0 Å². The zero-order valence-electron chi connectivity index (χ0n) is 11.9. The molecule has 0 aliphatic rings. The second kappa shape index (κ2) is 6.13. The van der Waals surface area contributed by atoms with E-state index in [1.54, 1.807) is 0 Å². The fraction of sp³-hybridized carbons (Fsp3) is 0.125. The summed E-state index contributed by atoms with van der Waals surface area (Å²) in [5, 5.41) is 12.5. The van der Waals surface area contributed by atoms with Gasteiger partial charge in [-0.1, -0.05) is 12.1 Å². The summed E-state index contributed by atoms with van der Waals surface area (Å²) in [6.45, 7) is -0.0904. The van der Waals surface area contributed by atoms with E-state index >= 15 is 0 Å². The summed E-state index contributed by atoms with van der Waals surface area (Å²) in [4.78, 5) is 18.9. The van der Waals surface area contributed by atoms with Gasteiger partial charge in [-0.3, -0.25) is 4.79 Å². The monoisotopic (exact) mass is 317 g/mol. The van der Waals surface area contributed by atoms with Crippen LogP contribution in [-0.4, -0.2) is 27.5 Å². The Morgan fingerprint density at radius 2 is 1.96 bits per heavy atom. The Bertz CT molecular complexity index is 846. The molecule has 0 fully saturated rings. The number of fused-ring (bicyclic) bond motifs is 1. The average molecular weight is 317 g/mol. The summed E-state index contributed by atoms with van der Waals surface area (Å²) >= 11 is 0. The number of rotatable bonds is 4. The lowest BCUT2D eigenvalue weighted by Crippen LogP contribution is -2.28. The number of aromatic amines is 1. The third-order valence-electron chi connectivity index (χ3n) is 3.44. The Morgan fingerprint density at radius 1 is 1.22 bits per heavy atom. The van der Waals surface area contributed by atoms with Gasteiger partial charge < -0.3 is 15.4 Å². The van der Waals surface area contributed by atoms with E-state index in [0.717, 1.165) is 6.07 Å². The van der Waals surface area contributed by atoms with Gasteiger partial charge in [0.1, 0.15) is 17.2 Å². The van der Waals surface area contributed by atoms with Gasteiger partial charge in [-0.15, -0.1) is 0 Å². The highest BCUT2D eigenvalue weighted by Crippen LogP contribution is 2.18. The molecule has 23 heavy (non-hydrogen) atoms. The molecule has 0 saturated heterocycles. The van der Waals surface area contributed by atoms with E-state index in [4.69, 9.17) is 0 Å². The fourth-order valence-corrected chi connectivity index (χ4v) is 2.28. The van der Waals surface area contributed by atoms with E-state index < -0.39 is 23.6 Å². The van der Waals surface area contributed by atoms with Crippen molar-refractivity contribution in [2.45, 2.75) is 6.10 Å². The van der Waals surface area contributed by atoms with Gasteiger partial charge in [0.05, 0.1) is 23.5 Å². The molecule has 1 unspecified atom stereocenters. The highest BCUT2D eigenvalue weighted by molar-refractivity contribution is 6.04. The molecule has 3 aromatic rings. The number of aliphatic hydroxyl groups excluding tert-OH is 1. The molecule has 0 spiro atoms. The summed E-state index contributed by atoms with van der Waals surface area (Å²) < 4.78 is 26.4. The van der Waals surface area contributed by atoms with Crippen LogP contribution in [0.2, 0.25) is 0 Å². The largest absolute Gasteiger partial charge is 0.387 e. The first kappa shape index (κ1) is 15.1. The first-order chi connectivity index (χ1) is 11.0. The molecule has 1 amide bonds. The topological polar surface area (TPSA) is 78.0 Å². The second-order valence-corrected chi connectivity index (χ2v) is 5.03. The normalized spacial score (nSPS) is 12.3. The van der Waals surface area contributed by atoms with Crippen LogP contribution >= 0.6 is 0 Å². The molecule has 0 aliphatic heterocycles. The van der Waals surface area contributed by atoms with E-state index in [1.807, 2.05) is 0 Å². The summed E-state index contributed by atoms with van der Waals surface area (Å²) in [7, 11) is 0. The zero-order valence-corrected chi connectivity index (χ0v) is 11.9. The molecular formula is C16H13F2N3O2. The molecule has 118 valence electrons. The van der Waals surface area contributed by atoms with Crippen molar-refractivity contribution in [3.8, 4) is 0 Å². The van der Waals surface area contributed by atoms with Crippen molar-refractivity contribution >= 4 is 16.9 Å². The number of aromatic nitrogens is 2. The van der Waals surface area contributed by atoms with Gasteiger partial charge in [0.25, 0.3) is 5.91 Å². The summed E-state index contributed by atoms with van der Waals surface area (Å²) in [5.74, 6) is -1.53. The molecule has 1 aromatic heterocycles. The highest BCUT2D eigenvalue weighted by atomic mass is 19.1. The van der Waals surface area contributed by atoms with Gasteiger partial charge in [-0.2, -0.15) is 0 Å². The number of imidazole rings is 1. The van der Waals surface area contributed by atoms with Crippen LogP contribution in [0.3, 0.4) is 0 Å². The molecule has 3 rings (SSSR count). The van der Waals surface area contributed by atoms with Gasteiger partial charge >= 0.3 is 0 Å². The quantitative estimate of drug-likeness (QED) is 0.691. The van der Waals surface area contributed by atoms with E-state index in [-0.39, 0.29) is 12.1 Å². The molecule has 0 bridgehead atoms. The summed E-state index contributed by atoms with van der Waals surface area (Å²) in [6, 6.07) is 7.64. The molecule has 7 heteroatoms. The third kappa shape index (κ3) is 3.19. The van der Waals surface area contributed by atoms with Crippen molar-refractivity contribution in [3.63, 3.8) is 0 Å². The lowest BCUT2D eigenvalue weighted by atomic mass is 10.1. The minimum Gasteiger partial charge on any atom is -0.387 e. The van der Waals surface area contributed by atoms with Gasteiger partial charge in [-0.05, 0) is 29.8 Å². The van der Waals surface area contributed by atoms with Crippen LogP contribution in [0.15, 0.2) is 42.7 Å². The molecule has 0 radical (unpaired) electrons. The third-order valence-corrected chi connectivity index (χ3v) is 3.44. The second-order valence-electron chi connectivity index (χ2n) is 5.03. The molecular weight excluding hydrogens is 304 g/mol. The first-order valence-electron chi connectivity index (χ1n) is 6.89. The molecule has 5 nitrogen and oxygen atoms in total. The Balaban J connectivity index is 1.73. The van der Waals surface area contributed by atoms with Crippen LogP contribution < -0.4 is 5.32 Å². The van der Waals surface area contributed by atoms with Crippen molar-refractivity contribution in [3.05, 3.63) is 65.5 Å². The van der Waals surface area contributed by atoms with Crippen LogP contribution in [0.25, 0.3) is 11.0 Å². The van der Waals surface area contributed by atoms with Crippen LogP contribution in [0.4, 0.5) is 8.78 Å². The number of carbonyl (C=O) groups excluding carboxylic acids is 1. The van der Waals surface area contributed by atoms with Gasteiger partial charge in [0.15, 0.2) is 0 Å². The maximum atomic E-state index is 13.5. The lowest BCUT2D eigenvalue weighted by molar-refractivity contribution is 0.0917. The van der Waals surface area contributed by atoms with E-state index in [9.17, 15) is 18.7 Å². The number of aliphatic hydroxyl groups is 1. The standard InChI is InChI=1S/C16H13F2N3O2/c17-10-3-1-9(2-4-10)14(22)7-19-16(23)12-5-11(18)6-13-15(12)21-8-20-13/h1-6,8,14,22H,7H2,(H,19,23)(H,20,21). The van der Waals surface area contributed by atoms with Gasteiger partial charge in [0.2, 0.25) is 0 Å². The van der Waals surface area contributed by atoms with Crippen molar-refractivity contribution < 1.29 is 18.7 Å². The van der Waals surface area contributed by atoms with E-state index in [1.165, 1.54) is 36.7 Å². The van der Waals surface area contributed by atoms with Gasteiger partial charge in [-0.25, -0.2) is 13.8 Å². The maximum Gasteiger partial charge on any atom is 0.253 e. The van der Waals surface area contributed by atoms with Crippen LogP contribution in [0.1, 0.15) is 22.0 Å². The molecule has 0 aliphatic carbocycles. The Morgan fingerprint density at radius 3 is 2.70 bits per heavy atom. The number of carbonyl (C=O) groups is 1. The maximum absolute atomic E-state index is 13.5. The first-order valence-corrected chi connectivity index (χ1v) is 6.89. The number of amides is 1. The van der Waals surface area contributed by atoms with E-state index in [2.05, 4.69) is 15.3 Å². The van der Waals surface area contributed by atoms with Crippen molar-refractivity contribution in [2.75, 3.05) is 6.54 Å². The fourth-order valence-electron chi connectivity index (χ4n) is 2.28. The summed E-state index contributed by atoms with van der Waals surface area (Å²) in [6.07, 6.45) is 0.372. The number of nitrogens with zero attached hydrogens (tertiary/aromatic N) is 1. The van der Waals surface area contributed by atoms with Crippen molar-refractivity contribution in [2.24, 2.45) is 0 Å². The molecule has 3 N–H and O–H groups in total. The Labute approximate surface area is 130 Å². The SMILES string of the molecule is O=C(NCC(O)c1ccc(F)cc1)c1cc(F)cc2[nH]cnc12. The summed E-state index contributed by atoms with van der Waals surface area (Å²) in [5.41, 5.74) is 1.30. The Hall–Kier alpha value is -2.80. The smallest absolute Gasteiger partial charge is 0.253 e. The molecule has 0 saturated carbocycles. The number of halogens is 2. The molecule has 2 aromatic carbocycles. The predicted octanol–water partition coefficient (Wildman–Crippen LogP) is 2.30. The number of nitrogens with one attached hydrogen (secondary N) is 2. The van der Waals surface area contributed by atoms with Crippen LogP contribution in [0, 0.1) is 11.6 Å². The molecule has 1 atom stereocenters. The molecule has 1 heterocycles. The van der Waals surface area contributed by atoms with Crippen LogP contribution in [0.5, 0.6) is 0 Å². The van der Waals surface area contributed by atoms with Gasteiger partial charge in [0, 0.05) is 6.54 Å². The number of benzene rings is 2. The van der Waals surface area contributed by atoms with E-state index in [0.29, 0.717) is 16.6 Å². The number of H-pyrrole nitrogens is 1. The predicted molar refractivity (Wildman–Crippen MR) is 79.7 cm³/mol. The lowest BCUT2D eigenvalue weighted by Gasteiger charge is -2.12. The van der Waals surface area contributed by atoms with Crippen molar-refractivity contribution in [1.82, 2.24) is 15.3 Å². The average Bonchev–Trinajstić information content (AvgIpc) is 3.00.